The van der Waals surface area contributed by atoms with Crippen molar-refractivity contribution in [2.45, 2.75) is 30.7 Å². The van der Waals surface area contributed by atoms with Gasteiger partial charge in [0.1, 0.15) is 31.0 Å². The van der Waals surface area contributed by atoms with E-state index in [1.54, 1.807) is 0 Å². The van der Waals surface area contributed by atoms with Crippen LogP contribution in [0.4, 0.5) is 0 Å². The summed E-state index contributed by atoms with van der Waals surface area (Å²) in [6.07, 6.45) is -6.39. The third-order valence-electron chi connectivity index (χ3n) is 2.08. The van der Waals surface area contributed by atoms with E-state index in [2.05, 4.69) is 0 Å². The van der Waals surface area contributed by atoms with E-state index >= 15 is 0 Å². The molecule has 0 aromatic heterocycles. The largest absolute Gasteiger partial charge is 0.394 e. The highest BCUT2D eigenvalue weighted by Gasteiger charge is 2.32. The third-order valence-corrected chi connectivity index (χ3v) is 2.08. The second kappa shape index (κ2) is 5.71. The average molecular weight is 224 g/mol. The number of aliphatic hydroxyl groups is 5. The van der Waals surface area contributed by atoms with Crippen molar-refractivity contribution >= 4 is 0 Å². The highest BCUT2D eigenvalue weighted by atomic mass is 16.8. The first kappa shape index (κ1) is 12.8. The van der Waals surface area contributed by atoms with Crippen LogP contribution in [0.25, 0.3) is 0 Å². The van der Waals surface area contributed by atoms with E-state index in [0.29, 0.717) is 6.61 Å². The lowest BCUT2D eigenvalue weighted by Gasteiger charge is -2.25. The van der Waals surface area contributed by atoms with Crippen LogP contribution in [0.15, 0.2) is 0 Å². The molecule has 0 spiro atoms. The van der Waals surface area contributed by atoms with Gasteiger partial charge in [0.05, 0.1) is 13.2 Å². The van der Waals surface area contributed by atoms with Gasteiger partial charge in [-0.05, 0) is 0 Å². The molecule has 1 aliphatic heterocycles. The summed E-state index contributed by atoms with van der Waals surface area (Å²) in [5.41, 5.74) is 0. The topological polar surface area (TPSA) is 123 Å². The summed E-state index contributed by atoms with van der Waals surface area (Å²) >= 11 is 0. The fraction of sp³-hybridized carbons (Fsp3) is 1.00. The molecule has 1 aliphatic rings. The number of hydrogen-bond donors (Lipinski definition) is 5. The Kier molecular flexibility index (Phi) is 4.87. The highest BCUT2D eigenvalue weighted by molar-refractivity contribution is 4.80. The lowest BCUT2D eigenvalue weighted by atomic mass is 10.0. The second-order valence-corrected chi connectivity index (χ2v) is 3.39. The molecule has 1 heterocycles. The number of ether oxygens (including phenoxy) is 2. The SMILES string of the molecule is OC[C@@H](O)[C@@H](O)[C@H](O)[C@@H](O)COC1CO1. The maximum atomic E-state index is 9.33. The summed E-state index contributed by atoms with van der Waals surface area (Å²) in [6.45, 7) is -0.455. The summed E-state index contributed by atoms with van der Waals surface area (Å²) < 4.78 is 9.61. The van der Waals surface area contributed by atoms with E-state index in [0.717, 1.165) is 0 Å². The van der Waals surface area contributed by atoms with Gasteiger partial charge in [0.25, 0.3) is 0 Å². The standard InChI is InChI=1S/C8H16O7/c9-1-4(10)7(12)8(13)5(11)2-14-6-3-15-6/h4-13H,1-3H2/t4-,5+,6?,7-,8-/m1/s1. The summed E-state index contributed by atoms with van der Waals surface area (Å²) in [7, 11) is 0. The predicted molar refractivity (Wildman–Crippen MR) is 46.8 cm³/mol. The van der Waals surface area contributed by atoms with Gasteiger partial charge in [-0.25, -0.2) is 0 Å². The summed E-state index contributed by atoms with van der Waals surface area (Å²) in [4.78, 5) is 0. The molecular weight excluding hydrogens is 208 g/mol. The first-order valence-corrected chi connectivity index (χ1v) is 4.62. The molecule has 0 bridgehead atoms. The lowest BCUT2D eigenvalue weighted by molar-refractivity contribution is -0.134. The Morgan fingerprint density at radius 2 is 1.67 bits per heavy atom. The smallest absolute Gasteiger partial charge is 0.181 e. The van der Waals surface area contributed by atoms with E-state index in [-0.39, 0.29) is 12.9 Å². The van der Waals surface area contributed by atoms with Crippen molar-refractivity contribution in [3.8, 4) is 0 Å². The maximum Gasteiger partial charge on any atom is 0.181 e. The zero-order chi connectivity index (χ0) is 11.4. The quantitative estimate of drug-likeness (QED) is 0.288. The summed E-state index contributed by atoms with van der Waals surface area (Å²) in [5.74, 6) is 0. The van der Waals surface area contributed by atoms with E-state index in [1.807, 2.05) is 0 Å². The molecule has 1 saturated heterocycles. The second-order valence-electron chi connectivity index (χ2n) is 3.39. The van der Waals surface area contributed by atoms with Crippen molar-refractivity contribution in [2.24, 2.45) is 0 Å². The molecule has 7 heteroatoms. The van der Waals surface area contributed by atoms with Crippen molar-refractivity contribution in [3.63, 3.8) is 0 Å². The molecule has 0 aromatic carbocycles. The first-order valence-electron chi connectivity index (χ1n) is 4.62. The minimum absolute atomic E-state index is 0.207. The third kappa shape index (κ3) is 3.99. The first-order chi connectivity index (χ1) is 7.06. The van der Waals surface area contributed by atoms with E-state index in [9.17, 15) is 15.3 Å². The van der Waals surface area contributed by atoms with Gasteiger partial charge < -0.3 is 35.0 Å². The van der Waals surface area contributed by atoms with Crippen molar-refractivity contribution < 1.29 is 35.0 Å². The average Bonchev–Trinajstić information content (AvgIpc) is 3.06. The van der Waals surface area contributed by atoms with Crippen molar-refractivity contribution in [3.05, 3.63) is 0 Å². The molecule has 7 nitrogen and oxygen atoms in total. The van der Waals surface area contributed by atoms with Crippen LogP contribution >= 0.6 is 0 Å². The van der Waals surface area contributed by atoms with Gasteiger partial charge in [-0.15, -0.1) is 0 Å². The van der Waals surface area contributed by atoms with Gasteiger partial charge >= 0.3 is 0 Å². The molecule has 1 fully saturated rings. The Balaban J connectivity index is 2.25. The van der Waals surface area contributed by atoms with Crippen LogP contribution < -0.4 is 0 Å². The Hall–Kier alpha value is -0.280. The Labute approximate surface area is 86.5 Å². The number of epoxide rings is 1. The molecular formula is C8H16O7. The summed E-state index contributed by atoms with van der Waals surface area (Å²) in [6, 6.07) is 0. The van der Waals surface area contributed by atoms with Crippen LogP contribution in [0.5, 0.6) is 0 Å². The molecule has 0 aromatic rings. The fourth-order valence-corrected chi connectivity index (χ4v) is 1.00. The van der Waals surface area contributed by atoms with Crippen molar-refractivity contribution in [1.82, 2.24) is 0 Å². The molecule has 0 radical (unpaired) electrons. The molecule has 1 rings (SSSR count). The molecule has 0 saturated carbocycles. The maximum absolute atomic E-state index is 9.33. The Morgan fingerprint density at radius 3 is 2.13 bits per heavy atom. The van der Waals surface area contributed by atoms with Crippen LogP contribution in [0.2, 0.25) is 0 Å². The molecule has 0 aliphatic carbocycles. The highest BCUT2D eigenvalue weighted by Crippen LogP contribution is 2.12. The van der Waals surface area contributed by atoms with Gasteiger partial charge in [0.2, 0.25) is 0 Å². The van der Waals surface area contributed by atoms with Crippen LogP contribution in [0.1, 0.15) is 0 Å². The minimum Gasteiger partial charge on any atom is -0.394 e. The van der Waals surface area contributed by atoms with Crippen LogP contribution in [0.3, 0.4) is 0 Å². The summed E-state index contributed by atoms with van der Waals surface area (Å²) in [5, 5.41) is 45.4. The number of hydrogen-bond acceptors (Lipinski definition) is 7. The molecule has 5 atom stereocenters. The minimum atomic E-state index is -1.62. The van der Waals surface area contributed by atoms with Crippen LogP contribution in [-0.2, 0) is 9.47 Å². The van der Waals surface area contributed by atoms with Gasteiger partial charge in [-0.3, -0.25) is 0 Å². The molecule has 1 unspecified atom stereocenters. The van der Waals surface area contributed by atoms with E-state index < -0.39 is 31.0 Å². The molecule has 5 N–H and O–H groups in total. The molecule has 15 heavy (non-hydrogen) atoms. The van der Waals surface area contributed by atoms with Crippen molar-refractivity contribution in [1.29, 1.82) is 0 Å². The van der Waals surface area contributed by atoms with E-state index in [4.69, 9.17) is 19.7 Å². The number of aliphatic hydroxyl groups excluding tert-OH is 5. The van der Waals surface area contributed by atoms with Crippen LogP contribution in [-0.4, -0.2) is 76.1 Å². The Morgan fingerprint density at radius 1 is 1.13 bits per heavy atom. The monoisotopic (exact) mass is 224 g/mol. The van der Waals surface area contributed by atoms with E-state index in [1.165, 1.54) is 0 Å². The molecule has 0 amide bonds. The Bertz CT molecular complexity index is 184. The number of rotatable bonds is 7. The van der Waals surface area contributed by atoms with Gasteiger partial charge in [-0.1, -0.05) is 0 Å². The van der Waals surface area contributed by atoms with Gasteiger partial charge in [0.15, 0.2) is 6.29 Å². The molecule has 90 valence electrons. The normalized spacial score (nSPS) is 28.2. The predicted octanol–water partition coefficient (Wildman–Crippen LogP) is -3.20. The van der Waals surface area contributed by atoms with Gasteiger partial charge in [-0.2, -0.15) is 0 Å². The van der Waals surface area contributed by atoms with Crippen LogP contribution in [0, 0.1) is 0 Å². The zero-order valence-electron chi connectivity index (χ0n) is 8.06. The van der Waals surface area contributed by atoms with Gasteiger partial charge in [0, 0.05) is 0 Å². The fourth-order valence-electron chi connectivity index (χ4n) is 1.00. The van der Waals surface area contributed by atoms with Crippen molar-refractivity contribution in [2.75, 3.05) is 19.8 Å². The lowest BCUT2D eigenvalue weighted by Crippen LogP contribution is -2.47. The zero-order valence-corrected chi connectivity index (χ0v) is 8.06.